The fourth-order valence-electron chi connectivity index (χ4n) is 1.91. The lowest BCUT2D eigenvalue weighted by molar-refractivity contribution is -0.149. The molecule has 0 amide bonds. The number of carboxylic acids is 1. The van der Waals surface area contributed by atoms with E-state index in [1.165, 1.54) is 0 Å². The molecule has 2 N–H and O–H groups in total. The second-order valence-electron chi connectivity index (χ2n) is 4.10. The molecule has 0 aliphatic carbocycles. The fourth-order valence-corrected chi connectivity index (χ4v) is 1.91. The maximum absolute atomic E-state index is 10.9. The highest BCUT2D eigenvalue weighted by Crippen LogP contribution is 2.09. The van der Waals surface area contributed by atoms with Gasteiger partial charge in [-0.3, -0.25) is 9.69 Å². The van der Waals surface area contributed by atoms with Crippen molar-refractivity contribution in [2.45, 2.75) is 31.7 Å². The summed E-state index contributed by atoms with van der Waals surface area (Å²) in [4.78, 5) is 12.9. The van der Waals surface area contributed by atoms with Crippen LogP contribution >= 0.6 is 0 Å². The molecule has 0 bridgehead atoms. The molecule has 1 aliphatic heterocycles. The standard InChI is InChI=1S/C11H21NO4/c13-7-4-2-1-3-5-12-6-8-16-9-10(12)11(14)15/h10,13H,1-9H2,(H,14,15). The minimum Gasteiger partial charge on any atom is -0.480 e. The highest BCUT2D eigenvalue weighted by atomic mass is 16.5. The summed E-state index contributed by atoms with van der Waals surface area (Å²) < 4.78 is 5.16. The number of ether oxygens (including phenoxy) is 1. The smallest absolute Gasteiger partial charge is 0.323 e. The average Bonchev–Trinajstić information content (AvgIpc) is 2.29. The Balaban J connectivity index is 2.19. The Bertz CT molecular complexity index is 210. The van der Waals surface area contributed by atoms with Gasteiger partial charge < -0.3 is 14.9 Å². The van der Waals surface area contributed by atoms with E-state index in [-0.39, 0.29) is 6.61 Å². The van der Waals surface area contributed by atoms with E-state index in [2.05, 4.69) is 0 Å². The quantitative estimate of drug-likeness (QED) is 0.618. The largest absolute Gasteiger partial charge is 0.480 e. The van der Waals surface area contributed by atoms with Crippen LogP contribution in [0.5, 0.6) is 0 Å². The number of carboxylic acid groups (broad SMARTS) is 1. The van der Waals surface area contributed by atoms with E-state index in [0.717, 1.165) is 32.2 Å². The van der Waals surface area contributed by atoms with Crippen LogP contribution < -0.4 is 0 Å². The van der Waals surface area contributed by atoms with Crippen LogP contribution in [-0.2, 0) is 9.53 Å². The third kappa shape index (κ3) is 4.47. The molecule has 0 aromatic carbocycles. The van der Waals surface area contributed by atoms with Crippen LogP contribution in [0.15, 0.2) is 0 Å². The van der Waals surface area contributed by atoms with E-state index in [1.54, 1.807) is 0 Å². The number of rotatable bonds is 7. The number of aliphatic hydroxyl groups is 1. The van der Waals surface area contributed by atoms with E-state index >= 15 is 0 Å². The molecule has 0 spiro atoms. The minimum atomic E-state index is -0.796. The first-order chi connectivity index (χ1) is 7.75. The van der Waals surface area contributed by atoms with Crippen molar-refractivity contribution in [1.29, 1.82) is 0 Å². The molecule has 5 heteroatoms. The molecule has 1 unspecified atom stereocenters. The number of aliphatic hydroxyl groups excluding tert-OH is 1. The van der Waals surface area contributed by atoms with Gasteiger partial charge in [-0.15, -0.1) is 0 Å². The van der Waals surface area contributed by atoms with Gasteiger partial charge in [-0.2, -0.15) is 0 Å². The van der Waals surface area contributed by atoms with Gasteiger partial charge in [0.15, 0.2) is 0 Å². The van der Waals surface area contributed by atoms with Gasteiger partial charge in [0.1, 0.15) is 6.04 Å². The van der Waals surface area contributed by atoms with Crippen LogP contribution in [0.2, 0.25) is 0 Å². The summed E-state index contributed by atoms with van der Waals surface area (Å²) in [7, 11) is 0. The van der Waals surface area contributed by atoms with Gasteiger partial charge in [0.25, 0.3) is 0 Å². The molecule has 1 atom stereocenters. The number of morpholine rings is 1. The topological polar surface area (TPSA) is 70.0 Å². The van der Waals surface area contributed by atoms with Gasteiger partial charge >= 0.3 is 5.97 Å². The summed E-state index contributed by atoms with van der Waals surface area (Å²) in [6, 6.07) is -0.480. The van der Waals surface area contributed by atoms with Gasteiger partial charge in [-0.1, -0.05) is 12.8 Å². The SMILES string of the molecule is O=C(O)C1COCCN1CCCCCCO. The molecule has 0 aromatic rings. The van der Waals surface area contributed by atoms with Crippen molar-refractivity contribution >= 4 is 5.97 Å². The Morgan fingerprint density at radius 1 is 1.31 bits per heavy atom. The van der Waals surface area contributed by atoms with Gasteiger partial charge in [-0.25, -0.2) is 0 Å². The summed E-state index contributed by atoms with van der Waals surface area (Å²) in [5.74, 6) is -0.796. The van der Waals surface area contributed by atoms with Crippen molar-refractivity contribution in [3.8, 4) is 0 Å². The maximum Gasteiger partial charge on any atom is 0.323 e. The highest BCUT2D eigenvalue weighted by molar-refractivity contribution is 5.73. The fraction of sp³-hybridized carbons (Fsp3) is 0.909. The molecule has 0 radical (unpaired) electrons. The van der Waals surface area contributed by atoms with Crippen molar-refractivity contribution in [2.24, 2.45) is 0 Å². The molecule has 1 fully saturated rings. The zero-order valence-corrected chi connectivity index (χ0v) is 9.60. The summed E-state index contributed by atoms with van der Waals surface area (Å²) in [6.45, 7) is 2.68. The molecule has 1 aliphatic rings. The molecule has 0 saturated carbocycles. The Morgan fingerprint density at radius 3 is 2.75 bits per heavy atom. The van der Waals surface area contributed by atoms with Crippen LogP contribution in [-0.4, -0.2) is 60.0 Å². The number of unbranched alkanes of at least 4 members (excludes halogenated alkanes) is 3. The number of hydrogen-bond acceptors (Lipinski definition) is 4. The van der Waals surface area contributed by atoms with Crippen LogP contribution in [0.1, 0.15) is 25.7 Å². The lowest BCUT2D eigenvalue weighted by atomic mass is 10.1. The second-order valence-corrected chi connectivity index (χ2v) is 4.10. The first kappa shape index (κ1) is 13.4. The lowest BCUT2D eigenvalue weighted by Gasteiger charge is -2.32. The van der Waals surface area contributed by atoms with Crippen molar-refractivity contribution in [1.82, 2.24) is 4.90 Å². The molecular weight excluding hydrogens is 210 g/mol. The third-order valence-corrected chi connectivity index (χ3v) is 2.88. The molecule has 5 nitrogen and oxygen atoms in total. The summed E-state index contributed by atoms with van der Waals surface area (Å²) >= 11 is 0. The second kappa shape index (κ2) is 7.60. The molecule has 1 saturated heterocycles. The van der Waals surface area contributed by atoms with Crippen LogP contribution in [0.3, 0.4) is 0 Å². The Morgan fingerprint density at radius 2 is 2.06 bits per heavy atom. The Labute approximate surface area is 96.0 Å². The zero-order chi connectivity index (χ0) is 11.8. The third-order valence-electron chi connectivity index (χ3n) is 2.88. The van der Waals surface area contributed by atoms with Crippen molar-refractivity contribution in [3.63, 3.8) is 0 Å². The van der Waals surface area contributed by atoms with Crippen LogP contribution in [0.4, 0.5) is 0 Å². The van der Waals surface area contributed by atoms with Crippen LogP contribution in [0, 0.1) is 0 Å². The average molecular weight is 231 g/mol. The van der Waals surface area contributed by atoms with Gasteiger partial charge in [0.2, 0.25) is 0 Å². The first-order valence-electron chi connectivity index (χ1n) is 5.91. The molecule has 1 rings (SSSR count). The van der Waals surface area contributed by atoms with E-state index in [4.69, 9.17) is 14.9 Å². The minimum absolute atomic E-state index is 0.245. The first-order valence-corrected chi connectivity index (χ1v) is 5.91. The monoisotopic (exact) mass is 231 g/mol. The lowest BCUT2D eigenvalue weighted by Crippen LogP contribution is -2.50. The molecule has 94 valence electrons. The maximum atomic E-state index is 10.9. The van der Waals surface area contributed by atoms with Gasteiger partial charge in [0, 0.05) is 13.2 Å². The number of hydrogen-bond donors (Lipinski definition) is 2. The molecule has 1 heterocycles. The predicted molar refractivity (Wildman–Crippen MR) is 59.4 cm³/mol. The summed E-state index contributed by atoms with van der Waals surface area (Å²) in [5, 5.41) is 17.6. The summed E-state index contributed by atoms with van der Waals surface area (Å²) in [6.07, 6.45) is 3.89. The Hall–Kier alpha value is -0.650. The van der Waals surface area contributed by atoms with E-state index < -0.39 is 12.0 Å². The molecular formula is C11H21NO4. The van der Waals surface area contributed by atoms with Crippen molar-refractivity contribution < 1.29 is 19.7 Å². The normalized spacial score (nSPS) is 22.2. The predicted octanol–water partition coefficient (Wildman–Crippen LogP) is 0.324. The van der Waals surface area contributed by atoms with Crippen molar-refractivity contribution in [3.05, 3.63) is 0 Å². The van der Waals surface area contributed by atoms with E-state index in [9.17, 15) is 4.79 Å². The number of nitrogens with zero attached hydrogens (tertiary/aromatic N) is 1. The van der Waals surface area contributed by atoms with Gasteiger partial charge in [0.05, 0.1) is 13.2 Å². The van der Waals surface area contributed by atoms with E-state index in [0.29, 0.717) is 19.8 Å². The van der Waals surface area contributed by atoms with E-state index in [1.807, 2.05) is 4.90 Å². The summed E-state index contributed by atoms with van der Waals surface area (Å²) in [5.41, 5.74) is 0. The van der Waals surface area contributed by atoms with Crippen LogP contribution in [0.25, 0.3) is 0 Å². The number of aliphatic carboxylic acids is 1. The number of carbonyl (C=O) groups is 1. The molecule has 16 heavy (non-hydrogen) atoms. The zero-order valence-electron chi connectivity index (χ0n) is 9.60. The van der Waals surface area contributed by atoms with Crippen molar-refractivity contribution in [2.75, 3.05) is 32.9 Å². The molecule has 0 aromatic heterocycles. The Kier molecular flexibility index (Phi) is 6.37. The van der Waals surface area contributed by atoms with Gasteiger partial charge in [-0.05, 0) is 19.4 Å². The highest BCUT2D eigenvalue weighted by Gasteiger charge is 2.28.